The fraction of sp³-hybridized carbons (Fsp3) is 0.364. The predicted molar refractivity (Wildman–Crippen MR) is 56.7 cm³/mol. The van der Waals surface area contributed by atoms with E-state index >= 15 is 0 Å². The minimum atomic E-state index is -4.76. The molecule has 0 aliphatic heterocycles. The molecule has 1 aromatic carbocycles. The van der Waals surface area contributed by atoms with E-state index in [1.165, 1.54) is 0 Å². The van der Waals surface area contributed by atoms with Crippen LogP contribution in [0.2, 0.25) is 0 Å². The monoisotopic (exact) mass is 263 g/mol. The zero-order valence-corrected chi connectivity index (χ0v) is 9.28. The number of carbonyl (C=O) groups is 1. The Morgan fingerprint density at radius 2 is 1.94 bits per heavy atom. The lowest BCUT2D eigenvalue weighted by Crippen LogP contribution is -2.40. The molecule has 18 heavy (non-hydrogen) atoms. The molecule has 1 rings (SSSR count). The van der Waals surface area contributed by atoms with E-state index < -0.39 is 24.9 Å². The smallest absolute Gasteiger partial charge is 0.416 e. The van der Waals surface area contributed by atoms with Crippen molar-refractivity contribution >= 4 is 6.09 Å². The van der Waals surface area contributed by atoms with Crippen molar-refractivity contribution in [2.45, 2.75) is 18.9 Å². The summed E-state index contributed by atoms with van der Waals surface area (Å²) in [5.74, 6) is 0. The minimum Gasteiger partial charge on any atom is -0.445 e. The molecule has 1 amide bonds. The van der Waals surface area contributed by atoms with Crippen molar-refractivity contribution in [1.82, 2.24) is 5.32 Å². The fourth-order valence-electron chi connectivity index (χ4n) is 1.07. The van der Waals surface area contributed by atoms with Gasteiger partial charge in [0, 0.05) is 0 Å². The average molecular weight is 263 g/mol. The molecule has 0 aromatic heterocycles. The van der Waals surface area contributed by atoms with E-state index in [0.29, 0.717) is 5.56 Å². The van der Waals surface area contributed by atoms with Crippen LogP contribution in [0.4, 0.5) is 18.0 Å². The predicted octanol–water partition coefficient (Wildman–Crippen LogP) is 1.84. The van der Waals surface area contributed by atoms with E-state index in [4.69, 9.17) is 5.11 Å². The van der Waals surface area contributed by atoms with Crippen LogP contribution in [0.5, 0.6) is 0 Å². The number of alkyl halides is 3. The largest absolute Gasteiger partial charge is 0.445 e. The Labute approximate surface area is 101 Å². The van der Waals surface area contributed by atoms with Crippen LogP contribution in [0.1, 0.15) is 5.56 Å². The van der Waals surface area contributed by atoms with Crippen LogP contribution in [0.25, 0.3) is 0 Å². The van der Waals surface area contributed by atoms with Crippen LogP contribution in [-0.4, -0.2) is 30.0 Å². The van der Waals surface area contributed by atoms with E-state index in [1.54, 1.807) is 30.3 Å². The minimum absolute atomic E-state index is 0.0468. The van der Waals surface area contributed by atoms with Crippen LogP contribution >= 0.6 is 0 Å². The van der Waals surface area contributed by atoms with Gasteiger partial charge in [0.25, 0.3) is 0 Å². The number of aliphatic hydroxyl groups is 1. The van der Waals surface area contributed by atoms with Gasteiger partial charge in [0.2, 0.25) is 0 Å². The number of alkyl carbamates (subject to hydrolysis) is 1. The number of nitrogens with one attached hydrogen (secondary N) is 1. The molecule has 0 spiro atoms. The van der Waals surface area contributed by atoms with E-state index in [1.807, 2.05) is 5.32 Å². The quantitative estimate of drug-likeness (QED) is 0.871. The molecule has 7 heteroatoms. The van der Waals surface area contributed by atoms with Gasteiger partial charge in [0.15, 0.2) is 6.10 Å². The third-order valence-corrected chi connectivity index (χ3v) is 2.03. The zero-order valence-electron chi connectivity index (χ0n) is 9.28. The molecule has 100 valence electrons. The maximum Gasteiger partial charge on any atom is 0.416 e. The van der Waals surface area contributed by atoms with Gasteiger partial charge < -0.3 is 15.2 Å². The molecule has 0 aliphatic carbocycles. The second kappa shape index (κ2) is 6.25. The molecule has 1 atom stereocenters. The van der Waals surface area contributed by atoms with Crippen molar-refractivity contribution in [3.63, 3.8) is 0 Å². The SMILES string of the molecule is O=C(NC[C@@H](O)C(F)(F)F)OCc1ccccc1. The number of aliphatic hydroxyl groups excluding tert-OH is 1. The molecule has 4 nitrogen and oxygen atoms in total. The molecule has 2 N–H and O–H groups in total. The summed E-state index contributed by atoms with van der Waals surface area (Å²) in [6, 6.07) is 8.67. The van der Waals surface area contributed by atoms with Gasteiger partial charge in [-0.3, -0.25) is 0 Å². The number of amides is 1. The second-order valence-electron chi connectivity index (χ2n) is 3.50. The lowest BCUT2D eigenvalue weighted by Gasteiger charge is -2.14. The Bertz CT molecular complexity index is 381. The van der Waals surface area contributed by atoms with Crippen LogP contribution in [-0.2, 0) is 11.3 Å². The molecular weight excluding hydrogens is 251 g/mol. The van der Waals surface area contributed by atoms with Crippen LogP contribution in [0, 0.1) is 0 Å². The maximum absolute atomic E-state index is 11.9. The number of hydrogen-bond acceptors (Lipinski definition) is 3. The zero-order chi connectivity index (χ0) is 13.6. The van der Waals surface area contributed by atoms with E-state index in [9.17, 15) is 18.0 Å². The number of ether oxygens (including phenoxy) is 1. The highest BCUT2D eigenvalue weighted by Crippen LogP contribution is 2.19. The molecule has 1 aromatic rings. The first kappa shape index (κ1) is 14.3. The topological polar surface area (TPSA) is 58.6 Å². The van der Waals surface area contributed by atoms with E-state index in [-0.39, 0.29) is 6.61 Å². The highest BCUT2D eigenvalue weighted by atomic mass is 19.4. The number of carbonyl (C=O) groups excluding carboxylic acids is 1. The summed E-state index contributed by atoms with van der Waals surface area (Å²) in [6.45, 7) is -0.980. The van der Waals surface area contributed by atoms with Crippen molar-refractivity contribution in [2.24, 2.45) is 0 Å². The molecule has 0 bridgehead atoms. The summed E-state index contributed by atoms with van der Waals surface area (Å²) in [6.07, 6.45) is -8.36. The number of rotatable bonds is 4. The lowest BCUT2D eigenvalue weighted by molar-refractivity contribution is -0.201. The third kappa shape index (κ3) is 5.05. The lowest BCUT2D eigenvalue weighted by atomic mass is 10.2. The van der Waals surface area contributed by atoms with Crippen LogP contribution in [0.15, 0.2) is 30.3 Å². The molecule has 0 aliphatic rings. The Morgan fingerprint density at radius 3 is 2.50 bits per heavy atom. The van der Waals surface area contributed by atoms with Gasteiger partial charge in [-0.1, -0.05) is 30.3 Å². The molecule has 0 unspecified atom stereocenters. The Kier molecular flexibility index (Phi) is 4.96. The summed E-state index contributed by atoms with van der Waals surface area (Å²) in [7, 11) is 0. The summed E-state index contributed by atoms with van der Waals surface area (Å²) in [5, 5.41) is 10.5. The van der Waals surface area contributed by atoms with E-state index in [2.05, 4.69) is 4.74 Å². The highest BCUT2D eigenvalue weighted by molar-refractivity contribution is 5.67. The van der Waals surface area contributed by atoms with Crippen LogP contribution < -0.4 is 5.32 Å². The van der Waals surface area contributed by atoms with Gasteiger partial charge in [-0.05, 0) is 5.56 Å². The van der Waals surface area contributed by atoms with Crippen molar-refractivity contribution in [3.8, 4) is 0 Å². The fourth-order valence-corrected chi connectivity index (χ4v) is 1.07. The first-order valence-electron chi connectivity index (χ1n) is 5.09. The Morgan fingerprint density at radius 1 is 1.33 bits per heavy atom. The average Bonchev–Trinajstić information content (AvgIpc) is 2.33. The molecule has 0 saturated carbocycles. The third-order valence-electron chi connectivity index (χ3n) is 2.03. The molecule has 0 fully saturated rings. The highest BCUT2D eigenvalue weighted by Gasteiger charge is 2.38. The number of halogens is 3. The Hall–Kier alpha value is -1.76. The van der Waals surface area contributed by atoms with Gasteiger partial charge in [0.05, 0.1) is 6.54 Å². The normalized spacial score (nSPS) is 12.9. The molecule has 0 heterocycles. The first-order chi connectivity index (χ1) is 8.39. The van der Waals surface area contributed by atoms with Gasteiger partial charge in [-0.25, -0.2) is 4.79 Å². The van der Waals surface area contributed by atoms with Gasteiger partial charge in [0.1, 0.15) is 6.61 Å². The van der Waals surface area contributed by atoms with Gasteiger partial charge >= 0.3 is 12.3 Å². The van der Waals surface area contributed by atoms with E-state index in [0.717, 1.165) is 0 Å². The van der Waals surface area contributed by atoms with Crippen LogP contribution in [0.3, 0.4) is 0 Å². The second-order valence-corrected chi connectivity index (χ2v) is 3.50. The molecular formula is C11H12F3NO3. The number of hydrogen-bond donors (Lipinski definition) is 2. The Balaban J connectivity index is 2.27. The van der Waals surface area contributed by atoms with Crippen molar-refractivity contribution in [3.05, 3.63) is 35.9 Å². The first-order valence-corrected chi connectivity index (χ1v) is 5.09. The van der Waals surface area contributed by atoms with Gasteiger partial charge in [-0.2, -0.15) is 13.2 Å². The summed E-state index contributed by atoms with van der Waals surface area (Å²) in [4.78, 5) is 11.0. The molecule has 0 radical (unpaired) electrons. The molecule has 0 saturated heterocycles. The summed E-state index contributed by atoms with van der Waals surface area (Å²) >= 11 is 0. The van der Waals surface area contributed by atoms with Crippen molar-refractivity contribution < 1.29 is 27.8 Å². The number of benzene rings is 1. The standard InChI is InChI=1S/C11H12F3NO3/c12-11(13,14)9(16)6-15-10(17)18-7-8-4-2-1-3-5-8/h1-5,9,16H,6-7H2,(H,15,17)/t9-/m1/s1. The van der Waals surface area contributed by atoms with Crippen molar-refractivity contribution in [1.29, 1.82) is 0 Å². The van der Waals surface area contributed by atoms with Gasteiger partial charge in [-0.15, -0.1) is 0 Å². The summed E-state index contributed by atoms with van der Waals surface area (Å²) < 4.78 is 40.4. The summed E-state index contributed by atoms with van der Waals surface area (Å²) in [5.41, 5.74) is 0.712. The maximum atomic E-state index is 11.9. The van der Waals surface area contributed by atoms with Crippen molar-refractivity contribution in [2.75, 3.05) is 6.54 Å².